The number of nitrogens with one attached hydrogen (secondary N) is 1. The van der Waals surface area contributed by atoms with Crippen molar-refractivity contribution in [3.63, 3.8) is 0 Å². The lowest BCUT2D eigenvalue weighted by atomic mass is 10.1. The fraction of sp³-hybridized carbons (Fsp3) is 0.263. The third-order valence-electron chi connectivity index (χ3n) is 3.40. The lowest BCUT2D eigenvalue weighted by Gasteiger charge is -2.07. The molecule has 0 saturated carbocycles. The molecule has 2 aromatic rings. The summed E-state index contributed by atoms with van der Waals surface area (Å²) in [6.45, 7) is 2.35. The number of esters is 1. The van der Waals surface area contributed by atoms with Gasteiger partial charge in [0.2, 0.25) is 5.91 Å². The van der Waals surface area contributed by atoms with Crippen LogP contribution < -0.4 is 5.32 Å². The van der Waals surface area contributed by atoms with Gasteiger partial charge in [-0.15, -0.1) is 0 Å². The summed E-state index contributed by atoms with van der Waals surface area (Å²) in [5.41, 5.74) is 2.19. The third kappa shape index (κ3) is 5.70. The Balaban J connectivity index is 1.83. The fourth-order valence-corrected chi connectivity index (χ4v) is 2.23. The highest BCUT2D eigenvalue weighted by atomic mass is 35.5. The summed E-state index contributed by atoms with van der Waals surface area (Å²) >= 11 is 5.83. The Hall–Kier alpha value is -2.33. The molecule has 0 radical (unpaired) electrons. The number of benzene rings is 2. The lowest BCUT2D eigenvalue weighted by molar-refractivity contribution is -0.116. The maximum absolute atomic E-state index is 12.0. The van der Waals surface area contributed by atoms with Gasteiger partial charge in [-0.2, -0.15) is 0 Å². The van der Waals surface area contributed by atoms with Crippen molar-refractivity contribution >= 4 is 29.2 Å². The van der Waals surface area contributed by atoms with E-state index in [2.05, 4.69) is 5.32 Å². The molecule has 0 aliphatic rings. The predicted octanol–water partition coefficient (Wildman–Crippen LogP) is 4.48. The highest BCUT2D eigenvalue weighted by molar-refractivity contribution is 6.30. The van der Waals surface area contributed by atoms with Crippen LogP contribution in [0.2, 0.25) is 5.02 Å². The van der Waals surface area contributed by atoms with E-state index >= 15 is 0 Å². The summed E-state index contributed by atoms with van der Waals surface area (Å²) in [5.74, 6) is -0.427. The van der Waals surface area contributed by atoms with Crippen molar-refractivity contribution < 1.29 is 14.3 Å². The van der Waals surface area contributed by atoms with Gasteiger partial charge in [-0.25, -0.2) is 4.79 Å². The molecule has 0 aliphatic carbocycles. The second-order valence-electron chi connectivity index (χ2n) is 5.39. The highest BCUT2D eigenvalue weighted by Gasteiger charge is 2.08. The molecule has 24 heavy (non-hydrogen) atoms. The molecular formula is C19H20ClNO3. The summed E-state index contributed by atoms with van der Waals surface area (Å²) in [4.78, 5) is 23.7. The van der Waals surface area contributed by atoms with Crippen LogP contribution in [-0.4, -0.2) is 18.5 Å². The van der Waals surface area contributed by atoms with Crippen molar-refractivity contribution in [3.8, 4) is 0 Å². The van der Waals surface area contributed by atoms with Crippen molar-refractivity contribution in [2.24, 2.45) is 0 Å². The molecular weight excluding hydrogens is 326 g/mol. The number of anilines is 1. The van der Waals surface area contributed by atoms with Gasteiger partial charge in [0.1, 0.15) is 0 Å². The van der Waals surface area contributed by atoms with Crippen molar-refractivity contribution in [3.05, 3.63) is 64.7 Å². The molecule has 5 heteroatoms. The standard InChI is InChI=1S/C19H20ClNO3/c1-2-13-24-19(23)15-6-10-17(11-7-15)21-18(22)12-5-14-3-8-16(20)9-4-14/h3-4,6-11H,2,5,12-13H2,1H3,(H,21,22). The molecule has 0 unspecified atom stereocenters. The second kappa shape index (κ2) is 9.08. The number of ether oxygens (including phenoxy) is 1. The minimum absolute atomic E-state index is 0.0775. The summed E-state index contributed by atoms with van der Waals surface area (Å²) in [6.07, 6.45) is 1.81. The minimum Gasteiger partial charge on any atom is -0.462 e. The number of hydrogen-bond acceptors (Lipinski definition) is 3. The van der Waals surface area contributed by atoms with E-state index in [4.69, 9.17) is 16.3 Å². The monoisotopic (exact) mass is 345 g/mol. The van der Waals surface area contributed by atoms with Crippen LogP contribution in [0.4, 0.5) is 5.69 Å². The molecule has 1 amide bonds. The van der Waals surface area contributed by atoms with Gasteiger partial charge in [0.05, 0.1) is 12.2 Å². The normalized spacial score (nSPS) is 10.2. The molecule has 0 fully saturated rings. The predicted molar refractivity (Wildman–Crippen MR) is 95.4 cm³/mol. The smallest absolute Gasteiger partial charge is 0.338 e. The summed E-state index contributed by atoms with van der Waals surface area (Å²) in [6, 6.07) is 14.1. The van der Waals surface area contributed by atoms with Gasteiger partial charge in [-0.1, -0.05) is 30.7 Å². The largest absolute Gasteiger partial charge is 0.462 e. The van der Waals surface area contributed by atoms with Crippen LogP contribution in [0.3, 0.4) is 0 Å². The van der Waals surface area contributed by atoms with Gasteiger partial charge in [-0.05, 0) is 54.8 Å². The number of rotatable bonds is 7. The van der Waals surface area contributed by atoms with Gasteiger partial charge < -0.3 is 10.1 Å². The van der Waals surface area contributed by atoms with Gasteiger partial charge in [0.15, 0.2) is 0 Å². The van der Waals surface area contributed by atoms with E-state index in [1.165, 1.54) is 0 Å². The van der Waals surface area contributed by atoms with E-state index in [1.54, 1.807) is 24.3 Å². The average molecular weight is 346 g/mol. The van der Waals surface area contributed by atoms with Crippen molar-refractivity contribution in [1.29, 1.82) is 0 Å². The molecule has 0 spiro atoms. The molecule has 0 heterocycles. The molecule has 1 N–H and O–H groups in total. The Bertz CT molecular complexity index is 681. The number of aryl methyl sites for hydroxylation is 1. The van der Waals surface area contributed by atoms with Gasteiger partial charge in [-0.3, -0.25) is 4.79 Å². The summed E-state index contributed by atoms with van der Waals surface area (Å²) in [5, 5.41) is 3.50. The Morgan fingerprint density at radius 1 is 1.04 bits per heavy atom. The zero-order valence-corrected chi connectivity index (χ0v) is 14.3. The first kappa shape index (κ1) is 18.0. The molecule has 0 aliphatic heterocycles. The Morgan fingerprint density at radius 2 is 1.71 bits per heavy atom. The Kier molecular flexibility index (Phi) is 6.82. The van der Waals surface area contributed by atoms with Crippen LogP contribution >= 0.6 is 11.6 Å². The molecule has 0 aromatic heterocycles. The average Bonchev–Trinajstić information content (AvgIpc) is 2.60. The Morgan fingerprint density at radius 3 is 2.33 bits per heavy atom. The number of halogens is 1. The van der Waals surface area contributed by atoms with Gasteiger partial charge in [0, 0.05) is 17.1 Å². The first-order valence-electron chi connectivity index (χ1n) is 7.90. The molecule has 2 aromatic carbocycles. The quantitative estimate of drug-likeness (QED) is 0.753. The van der Waals surface area contributed by atoms with E-state index in [0.717, 1.165) is 12.0 Å². The maximum atomic E-state index is 12.0. The third-order valence-corrected chi connectivity index (χ3v) is 3.65. The topological polar surface area (TPSA) is 55.4 Å². The fourth-order valence-electron chi connectivity index (χ4n) is 2.10. The summed E-state index contributed by atoms with van der Waals surface area (Å²) < 4.78 is 5.06. The van der Waals surface area contributed by atoms with Gasteiger partial charge >= 0.3 is 5.97 Å². The van der Waals surface area contributed by atoms with E-state index in [1.807, 2.05) is 31.2 Å². The van der Waals surface area contributed by atoms with Crippen molar-refractivity contribution in [1.82, 2.24) is 0 Å². The number of amides is 1. The lowest BCUT2D eigenvalue weighted by Crippen LogP contribution is -2.12. The minimum atomic E-state index is -0.350. The first-order chi connectivity index (χ1) is 11.6. The number of carbonyl (C=O) groups excluding carboxylic acids is 2. The van der Waals surface area contributed by atoms with Crippen LogP contribution in [0.25, 0.3) is 0 Å². The van der Waals surface area contributed by atoms with E-state index < -0.39 is 0 Å². The molecule has 4 nitrogen and oxygen atoms in total. The van der Waals surface area contributed by atoms with Crippen LogP contribution in [0.1, 0.15) is 35.7 Å². The number of hydrogen-bond donors (Lipinski definition) is 1. The van der Waals surface area contributed by atoms with Crippen molar-refractivity contribution in [2.75, 3.05) is 11.9 Å². The van der Waals surface area contributed by atoms with E-state index in [9.17, 15) is 9.59 Å². The van der Waals surface area contributed by atoms with Gasteiger partial charge in [0.25, 0.3) is 0 Å². The van der Waals surface area contributed by atoms with Crippen LogP contribution in [0, 0.1) is 0 Å². The molecule has 126 valence electrons. The second-order valence-corrected chi connectivity index (χ2v) is 5.82. The van der Waals surface area contributed by atoms with Crippen molar-refractivity contribution in [2.45, 2.75) is 26.2 Å². The van der Waals surface area contributed by atoms with Crippen LogP contribution in [-0.2, 0) is 16.0 Å². The summed E-state index contributed by atoms with van der Waals surface area (Å²) in [7, 11) is 0. The van der Waals surface area contributed by atoms with E-state index in [-0.39, 0.29) is 11.9 Å². The zero-order chi connectivity index (χ0) is 17.4. The molecule has 2 rings (SSSR count). The maximum Gasteiger partial charge on any atom is 0.338 e. The SMILES string of the molecule is CCCOC(=O)c1ccc(NC(=O)CCc2ccc(Cl)cc2)cc1. The van der Waals surface area contributed by atoms with E-state index in [0.29, 0.717) is 35.7 Å². The molecule has 0 bridgehead atoms. The van der Waals surface area contributed by atoms with Crippen LogP contribution in [0.15, 0.2) is 48.5 Å². The zero-order valence-electron chi connectivity index (χ0n) is 13.5. The highest BCUT2D eigenvalue weighted by Crippen LogP contribution is 2.13. The number of carbonyl (C=O) groups is 2. The Labute approximate surface area is 146 Å². The van der Waals surface area contributed by atoms with Crippen LogP contribution in [0.5, 0.6) is 0 Å². The molecule has 0 atom stereocenters. The first-order valence-corrected chi connectivity index (χ1v) is 8.27. The molecule has 0 saturated heterocycles.